The molecule has 0 saturated heterocycles. The van der Waals surface area contributed by atoms with Gasteiger partial charge in [-0.3, -0.25) is 4.79 Å². The van der Waals surface area contributed by atoms with Crippen molar-refractivity contribution < 1.29 is 4.79 Å². The Balaban J connectivity index is 1.72. The van der Waals surface area contributed by atoms with Crippen LogP contribution in [0.3, 0.4) is 0 Å². The molecule has 0 bridgehead atoms. The number of hydrogen-bond donors (Lipinski definition) is 1. The van der Waals surface area contributed by atoms with E-state index in [1.165, 1.54) is 11.1 Å². The van der Waals surface area contributed by atoms with Crippen LogP contribution in [0.4, 0.5) is 0 Å². The molecule has 3 aromatic carbocycles. The maximum Gasteiger partial charge on any atom is 0.252 e. The fourth-order valence-electron chi connectivity index (χ4n) is 3.24. The Hall–Kier alpha value is -2.98. The van der Waals surface area contributed by atoms with Crippen LogP contribution in [0.5, 0.6) is 0 Å². The molecular weight excluding hydrogens is 424 g/mol. The zero-order chi connectivity index (χ0) is 20.4. The van der Waals surface area contributed by atoms with Gasteiger partial charge in [0.1, 0.15) is 0 Å². The Labute approximate surface area is 178 Å². The average molecular weight is 445 g/mol. The number of nitrogens with zero attached hydrogens (tertiary/aromatic N) is 1. The zero-order valence-electron chi connectivity index (χ0n) is 16.4. The molecule has 0 fully saturated rings. The zero-order valence-corrected chi connectivity index (χ0v) is 18.0. The van der Waals surface area contributed by atoms with Crippen molar-refractivity contribution in [3.05, 3.63) is 99.5 Å². The van der Waals surface area contributed by atoms with Crippen molar-refractivity contribution in [1.82, 2.24) is 10.3 Å². The number of benzene rings is 3. The maximum absolute atomic E-state index is 13.1. The van der Waals surface area contributed by atoms with Crippen molar-refractivity contribution in [3.63, 3.8) is 0 Å². The summed E-state index contributed by atoms with van der Waals surface area (Å²) in [4.78, 5) is 17.9. The first-order valence-electron chi connectivity index (χ1n) is 9.51. The van der Waals surface area contributed by atoms with E-state index < -0.39 is 0 Å². The fraction of sp³-hybridized carbons (Fsp3) is 0.120. The highest BCUT2D eigenvalue weighted by atomic mass is 79.9. The summed E-state index contributed by atoms with van der Waals surface area (Å²) < 4.78 is 0.919. The molecule has 3 nitrogen and oxygen atoms in total. The van der Waals surface area contributed by atoms with Gasteiger partial charge in [-0.05, 0) is 43.7 Å². The Morgan fingerprint density at radius 3 is 2.24 bits per heavy atom. The summed E-state index contributed by atoms with van der Waals surface area (Å²) >= 11 is 3.51. The molecule has 4 heteroatoms. The van der Waals surface area contributed by atoms with Gasteiger partial charge in [-0.15, -0.1) is 0 Å². The van der Waals surface area contributed by atoms with Gasteiger partial charge in [-0.2, -0.15) is 0 Å². The average Bonchev–Trinajstić information content (AvgIpc) is 2.73. The smallest absolute Gasteiger partial charge is 0.252 e. The normalized spacial score (nSPS) is 10.9. The lowest BCUT2D eigenvalue weighted by Crippen LogP contribution is -2.23. The number of pyridine rings is 1. The highest BCUT2D eigenvalue weighted by Gasteiger charge is 2.14. The standard InChI is InChI=1S/C25H21BrN2O/c1-16-3-7-18(8-4-16)15-27-25(29)22-14-24(19-9-5-17(2)6-10-19)28-23-12-11-20(26)13-21(22)23/h3-14H,15H2,1-2H3,(H,27,29). The third-order valence-corrected chi connectivity index (χ3v) is 5.43. The second-order valence-corrected chi connectivity index (χ2v) is 8.17. The van der Waals surface area contributed by atoms with Gasteiger partial charge in [0.15, 0.2) is 0 Å². The van der Waals surface area contributed by atoms with Gasteiger partial charge in [0.25, 0.3) is 5.91 Å². The van der Waals surface area contributed by atoms with Crippen molar-refractivity contribution in [3.8, 4) is 11.3 Å². The molecule has 0 saturated carbocycles. The van der Waals surface area contributed by atoms with Crippen molar-refractivity contribution in [1.29, 1.82) is 0 Å². The quantitative estimate of drug-likeness (QED) is 0.406. The van der Waals surface area contributed by atoms with Crippen LogP contribution < -0.4 is 5.32 Å². The molecule has 29 heavy (non-hydrogen) atoms. The number of amides is 1. The molecule has 1 amide bonds. The summed E-state index contributed by atoms with van der Waals surface area (Å²) in [5, 5.41) is 3.88. The Morgan fingerprint density at radius 2 is 1.55 bits per heavy atom. The summed E-state index contributed by atoms with van der Waals surface area (Å²) in [5.74, 6) is -0.107. The number of aromatic nitrogens is 1. The van der Waals surface area contributed by atoms with Crippen LogP contribution in [0.15, 0.2) is 77.3 Å². The van der Waals surface area contributed by atoms with Crippen molar-refractivity contribution in [2.24, 2.45) is 0 Å². The lowest BCUT2D eigenvalue weighted by Gasteiger charge is -2.11. The van der Waals surface area contributed by atoms with E-state index in [2.05, 4.69) is 59.4 Å². The Kier molecular flexibility index (Phi) is 5.45. The molecule has 0 aliphatic rings. The van der Waals surface area contributed by atoms with Crippen LogP contribution in [0.25, 0.3) is 22.2 Å². The van der Waals surface area contributed by atoms with E-state index >= 15 is 0 Å². The van der Waals surface area contributed by atoms with Gasteiger partial charge in [-0.25, -0.2) is 4.98 Å². The minimum atomic E-state index is -0.107. The lowest BCUT2D eigenvalue weighted by atomic mass is 10.0. The molecule has 144 valence electrons. The van der Waals surface area contributed by atoms with Gasteiger partial charge in [0, 0.05) is 22.0 Å². The maximum atomic E-state index is 13.1. The Morgan fingerprint density at radius 1 is 0.897 bits per heavy atom. The van der Waals surface area contributed by atoms with E-state index in [0.717, 1.165) is 32.2 Å². The number of halogens is 1. The number of hydrogen-bond acceptors (Lipinski definition) is 2. The van der Waals surface area contributed by atoms with E-state index in [0.29, 0.717) is 12.1 Å². The minimum absolute atomic E-state index is 0.107. The fourth-order valence-corrected chi connectivity index (χ4v) is 3.60. The first-order chi connectivity index (χ1) is 14.0. The molecular formula is C25H21BrN2O. The molecule has 1 aromatic heterocycles. The highest BCUT2D eigenvalue weighted by Crippen LogP contribution is 2.27. The van der Waals surface area contributed by atoms with Gasteiger partial charge in [-0.1, -0.05) is 75.6 Å². The van der Waals surface area contributed by atoms with Gasteiger partial charge >= 0.3 is 0 Å². The SMILES string of the molecule is Cc1ccc(CNC(=O)c2cc(-c3ccc(C)cc3)nc3ccc(Br)cc23)cc1. The molecule has 0 aliphatic carbocycles. The van der Waals surface area contributed by atoms with Crippen LogP contribution in [0.2, 0.25) is 0 Å². The molecule has 0 unspecified atom stereocenters. The van der Waals surface area contributed by atoms with E-state index in [9.17, 15) is 4.79 Å². The molecule has 0 radical (unpaired) electrons. The van der Waals surface area contributed by atoms with Gasteiger partial charge in [0.05, 0.1) is 16.8 Å². The lowest BCUT2D eigenvalue weighted by molar-refractivity contribution is 0.0952. The number of carbonyl (C=O) groups excluding carboxylic acids is 1. The molecule has 1 N–H and O–H groups in total. The van der Waals surface area contributed by atoms with E-state index in [-0.39, 0.29) is 5.91 Å². The Bertz CT molecular complexity index is 1180. The van der Waals surface area contributed by atoms with Crippen molar-refractivity contribution >= 4 is 32.7 Å². The van der Waals surface area contributed by atoms with Crippen molar-refractivity contribution in [2.45, 2.75) is 20.4 Å². The largest absolute Gasteiger partial charge is 0.348 e. The number of nitrogens with one attached hydrogen (secondary N) is 1. The number of aryl methyl sites for hydroxylation is 2. The molecule has 4 aromatic rings. The first kappa shape index (κ1) is 19.3. The third kappa shape index (κ3) is 4.38. The monoisotopic (exact) mass is 444 g/mol. The summed E-state index contributed by atoms with van der Waals surface area (Å²) in [7, 11) is 0. The van der Waals surface area contributed by atoms with Crippen LogP contribution in [-0.2, 0) is 6.54 Å². The molecule has 0 aliphatic heterocycles. The first-order valence-corrected chi connectivity index (χ1v) is 10.3. The molecule has 1 heterocycles. The van der Waals surface area contributed by atoms with E-state index in [1.807, 2.05) is 48.5 Å². The number of fused-ring (bicyclic) bond motifs is 1. The topological polar surface area (TPSA) is 42.0 Å². The van der Waals surface area contributed by atoms with Crippen LogP contribution in [0.1, 0.15) is 27.0 Å². The summed E-state index contributed by atoms with van der Waals surface area (Å²) in [6.07, 6.45) is 0. The van der Waals surface area contributed by atoms with E-state index in [4.69, 9.17) is 4.98 Å². The second-order valence-electron chi connectivity index (χ2n) is 7.25. The predicted molar refractivity (Wildman–Crippen MR) is 122 cm³/mol. The number of rotatable bonds is 4. The summed E-state index contributed by atoms with van der Waals surface area (Å²) in [6.45, 7) is 4.59. The number of carbonyl (C=O) groups is 1. The second kappa shape index (κ2) is 8.18. The van der Waals surface area contributed by atoms with Crippen LogP contribution in [0, 0.1) is 13.8 Å². The molecule has 0 spiro atoms. The minimum Gasteiger partial charge on any atom is -0.348 e. The van der Waals surface area contributed by atoms with E-state index in [1.54, 1.807) is 0 Å². The summed E-state index contributed by atoms with van der Waals surface area (Å²) in [6, 6.07) is 24.1. The van der Waals surface area contributed by atoms with Crippen LogP contribution >= 0.6 is 15.9 Å². The molecule has 4 rings (SSSR count). The van der Waals surface area contributed by atoms with Crippen LogP contribution in [-0.4, -0.2) is 10.9 Å². The van der Waals surface area contributed by atoms with Gasteiger partial charge < -0.3 is 5.32 Å². The predicted octanol–water partition coefficient (Wildman–Crippen LogP) is 6.21. The third-order valence-electron chi connectivity index (χ3n) is 4.94. The van der Waals surface area contributed by atoms with Crippen molar-refractivity contribution in [2.75, 3.05) is 0 Å². The molecule has 0 atom stereocenters. The van der Waals surface area contributed by atoms with Gasteiger partial charge in [0.2, 0.25) is 0 Å². The summed E-state index contributed by atoms with van der Waals surface area (Å²) in [5.41, 5.74) is 6.67. The highest BCUT2D eigenvalue weighted by molar-refractivity contribution is 9.10.